The minimum atomic E-state index is -3.64. The maximum atomic E-state index is 13.5. The van der Waals surface area contributed by atoms with Gasteiger partial charge in [0.05, 0.1) is 25.2 Å². The standard InChI is InChI=1S/C21H32N2O5S/c1-5-27-21(24)18-7-6-12-23(13-18)29(25,26)19-14-28-22(4)20(19)17-10-8-16(9-11-17)15(2)3/h8-11,15,18-20H,5-7,12-14H2,1-4H3. The second-order valence-electron chi connectivity index (χ2n) is 8.14. The molecule has 29 heavy (non-hydrogen) atoms. The van der Waals surface area contributed by atoms with E-state index < -0.39 is 21.2 Å². The predicted octanol–water partition coefficient (Wildman–Crippen LogP) is 2.70. The highest BCUT2D eigenvalue weighted by molar-refractivity contribution is 7.89. The number of benzene rings is 1. The van der Waals surface area contributed by atoms with E-state index in [9.17, 15) is 13.2 Å². The summed E-state index contributed by atoms with van der Waals surface area (Å²) in [6.07, 6.45) is 1.31. The van der Waals surface area contributed by atoms with Crippen molar-refractivity contribution in [1.29, 1.82) is 0 Å². The van der Waals surface area contributed by atoms with Gasteiger partial charge >= 0.3 is 5.97 Å². The third-order valence-electron chi connectivity index (χ3n) is 5.88. The fourth-order valence-corrected chi connectivity index (χ4v) is 6.21. The molecule has 2 heterocycles. The Morgan fingerprint density at radius 3 is 2.59 bits per heavy atom. The van der Waals surface area contributed by atoms with Crippen LogP contribution in [0.15, 0.2) is 24.3 Å². The van der Waals surface area contributed by atoms with Crippen molar-refractivity contribution in [3.8, 4) is 0 Å². The zero-order chi connectivity index (χ0) is 21.2. The lowest BCUT2D eigenvalue weighted by Crippen LogP contribution is -2.48. The molecule has 3 atom stereocenters. The summed E-state index contributed by atoms with van der Waals surface area (Å²) in [7, 11) is -1.87. The van der Waals surface area contributed by atoms with Crippen molar-refractivity contribution < 1.29 is 22.8 Å². The molecule has 2 fully saturated rings. The third-order valence-corrected chi connectivity index (χ3v) is 8.09. The van der Waals surface area contributed by atoms with Crippen LogP contribution in [0.2, 0.25) is 0 Å². The first kappa shape index (κ1) is 22.2. The molecule has 0 N–H and O–H groups in total. The van der Waals surface area contributed by atoms with Gasteiger partial charge in [-0.1, -0.05) is 38.1 Å². The van der Waals surface area contributed by atoms with Crippen LogP contribution in [-0.4, -0.2) is 62.4 Å². The van der Waals surface area contributed by atoms with E-state index in [1.165, 1.54) is 9.87 Å². The highest BCUT2D eigenvalue weighted by Crippen LogP contribution is 2.36. The highest BCUT2D eigenvalue weighted by Gasteiger charge is 2.47. The molecule has 0 amide bonds. The zero-order valence-corrected chi connectivity index (χ0v) is 18.5. The number of hydrogen-bond acceptors (Lipinski definition) is 6. The average Bonchev–Trinajstić information content (AvgIpc) is 3.10. The van der Waals surface area contributed by atoms with Crippen molar-refractivity contribution in [2.75, 3.05) is 33.4 Å². The van der Waals surface area contributed by atoms with Gasteiger partial charge in [-0.2, -0.15) is 5.06 Å². The third kappa shape index (κ3) is 4.66. The zero-order valence-electron chi connectivity index (χ0n) is 17.7. The molecule has 162 valence electrons. The first-order valence-electron chi connectivity index (χ1n) is 10.4. The van der Waals surface area contributed by atoms with Gasteiger partial charge in [0.15, 0.2) is 0 Å². The molecule has 8 heteroatoms. The lowest BCUT2D eigenvalue weighted by atomic mass is 9.98. The van der Waals surface area contributed by atoms with Gasteiger partial charge in [-0.25, -0.2) is 12.7 Å². The van der Waals surface area contributed by atoms with E-state index in [1.807, 2.05) is 24.3 Å². The van der Waals surface area contributed by atoms with E-state index in [-0.39, 0.29) is 25.2 Å². The van der Waals surface area contributed by atoms with Gasteiger partial charge in [0.2, 0.25) is 10.0 Å². The number of hydrogen-bond donors (Lipinski definition) is 0. The van der Waals surface area contributed by atoms with E-state index in [0.29, 0.717) is 31.9 Å². The Kier molecular flexibility index (Phi) is 6.98. The molecule has 0 aliphatic carbocycles. The van der Waals surface area contributed by atoms with E-state index in [0.717, 1.165) is 5.56 Å². The molecule has 0 bridgehead atoms. The molecule has 1 aromatic rings. The minimum absolute atomic E-state index is 0.107. The molecular formula is C21H32N2O5S. The summed E-state index contributed by atoms with van der Waals surface area (Å²) in [5, 5.41) is 0.928. The summed E-state index contributed by atoms with van der Waals surface area (Å²) in [5.41, 5.74) is 2.13. The Balaban J connectivity index is 1.82. The molecule has 7 nitrogen and oxygen atoms in total. The smallest absolute Gasteiger partial charge is 0.310 e. The molecule has 0 radical (unpaired) electrons. The van der Waals surface area contributed by atoms with Crippen molar-refractivity contribution in [3.63, 3.8) is 0 Å². The number of carbonyl (C=O) groups excluding carboxylic acids is 1. The fourth-order valence-electron chi connectivity index (χ4n) is 4.17. The molecule has 1 aromatic carbocycles. The second kappa shape index (κ2) is 9.12. The van der Waals surface area contributed by atoms with Gasteiger partial charge < -0.3 is 4.74 Å². The summed E-state index contributed by atoms with van der Waals surface area (Å²) < 4.78 is 33.5. The van der Waals surface area contributed by atoms with E-state index in [4.69, 9.17) is 9.57 Å². The van der Waals surface area contributed by atoms with E-state index in [2.05, 4.69) is 13.8 Å². The Morgan fingerprint density at radius 2 is 1.97 bits per heavy atom. The van der Waals surface area contributed by atoms with Crippen LogP contribution < -0.4 is 0 Å². The molecule has 2 aliphatic heterocycles. The molecule has 3 unspecified atom stereocenters. The minimum Gasteiger partial charge on any atom is -0.466 e. The number of esters is 1. The van der Waals surface area contributed by atoms with E-state index >= 15 is 0 Å². The van der Waals surface area contributed by atoms with Gasteiger partial charge in [-0.15, -0.1) is 0 Å². The molecule has 2 saturated heterocycles. The number of hydroxylamine groups is 2. The van der Waals surface area contributed by atoms with Crippen LogP contribution in [0.1, 0.15) is 56.7 Å². The Bertz CT molecular complexity index is 809. The molecule has 3 rings (SSSR count). The lowest BCUT2D eigenvalue weighted by Gasteiger charge is -2.34. The van der Waals surface area contributed by atoms with Gasteiger partial charge in [-0.3, -0.25) is 9.63 Å². The Labute approximate surface area is 174 Å². The monoisotopic (exact) mass is 424 g/mol. The second-order valence-corrected chi connectivity index (χ2v) is 10.3. The fraction of sp³-hybridized carbons (Fsp3) is 0.667. The maximum Gasteiger partial charge on any atom is 0.310 e. The summed E-state index contributed by atoms with van der Waals surface area (Å²) in [4.78, 5) is 17.8. The molecule has 2 aliphatic rings. The number of ether oxygens (including phenoxy) is 1. The largest absolute Gasteiger partial charge is 0.466 e. The number of carbonyl (C=O) groups is 1. The topological polar surface area (TPSA) is 76.1 Å². The van der Waals surface area contributed by atoms with Crippen molar-refractivity contribution >= 4 is 16.0 Å². The quantitative estimate of drug-likeness (QED) is 0.654. The predicted molar refractivity (Wildman–Crippen MR) is 111 cm³/mol. The van der Waals surface area contributed by atoms with Crippen LogP contribution in [0.5, 0.6) is 0 Å². The van der Waals surface area contributed by atoms with E-state index in [1.54, 1.807) is 19.0 Å². The molecular weight excluding hydrogens is 392 g/mol. The van der Waals surface area contributed by atoms with Crippen LogP contribution >= 0.6 is 0 Å². The van der Waals surface area contributed by atoms with Gasteiger partial charge in [-0.05, 0) is 36.8 Å². The summed E-state index contributed by atoms with van der Waals surface area (Å²) in [6, 6.07) is 7.70. The van der Waals surface area contributed by atoms with Gasteiger partial charge in [0.1, 0.15) is 5.25 Å². The van der Waals surface area contributed by atoms with Crippen molar-refractivity contribution in [2.45, 2.75) is 50.8 Å². The van der Waals surface area contributed by atoms with Crippen LogP contribution in [0.25, 0.3) is 0 Å². The molecule has 0 aromatic heterocycles. The van der Waals surface area contributed by atoms with Gasteiger partial charge in [0, 0.05) is 20.1 Å². The number of rotatable bonds is 6. The average molecular weight is 425 g/mol. The number of nitrogens with zero attached hydrogens (tertiary/aromatic N) is 2. The summed E-state index contributed by atoms with van der Waals surface area (Å²) in [5.74, 6) is -0.301. The summed E-state index contributed by atoms with van der Waals surface area (Å²) in [6.45, 7) is 7.04. The summed E-state index contributed by atoms with van der Waals surface area (Å²) >= 11 is 0. The Morgan fingerprint density at radius 1 is 1.28 bits per heavy atom. The van der Waals surface area contributed by atoms with Crippen molar-refractivity contribution in [1.82, 2.24) is 9.37 Å². The molecule has 0 saturated carbocycles. The van der Waals surface area contributed by atoms with Crippen LogP contribution in [-0.2, 0) is 24.4 Å². The SMILES string of the molecule is CCOC(=O)C1CCCN(S(=O)(=O)C2CON(C)C2c2ccc(C(C)C)cc2)C1. The highest BCUT2D eigenvalue weighted by atomic mass is 32.2. The molecule has 0 spiro atoms. The normalized spacial score (nSPS) is 26.7. The number of sulfonamides is 1. The van der Waals surface area contributed by atoms with Crippen molar-refractivity contribution in [3.05, 3.63) is 35.4 Å². The first-order valence-corrected chi connectivity index (χ1v) is 11.9. The van der Waals surface area contributed by atoms with Gasteiger partial charge in [0.25, 0.3) is 0 Å². The Hall–Kier alpha value is -1.48. The number of piperidine rings is 1. The lowest BCUT2D eigenvalue weighted by molar-refractivity contribution is -0.149. The van der Waals surface area contributed by atoms with Crippen molar-refractivity contribution in [2.24, 2.45) is 5.92 Å². The van der Waals surface area contributed by atoms with Crippen LogP contribution in [0, 0.1) is 5.92 Å². The first-order chi connectivity index (χ1) is 13.8. The maximum absolute atomic E-state index is 13.5. The van der Waals surface area contributed by atoms with Crippen LogP contribution in [0.3, 0.4) is 0 Å². The van der Waals surface area contributed by atoms with Crippen LogP contribution in [0.4, 0.5) is 0 Å².